The van der Waals surface area contributed by atoms with Gasteiger partial charge in [0.25, 0.3) is 0 Å². The van der Waals surface area contributed by atoms with Crippen LogP contribution >= 0.6 is 22.6 Å². The minimum absolute atomic E-state index is 0.0257. The normalized spacial score (nSPS) is 29.2. The van der Waals surface area contributed by atoms with Gasteiger partial charge in [0.2, 0.25) is 0 Å². The molecule has 2 heterocycles. The second-order valence-electron chi connectivity index (χ2n) is 6.76. The van der Waals surface area contributed by atoms with Crippen LogP contribution in [0.4, 0.5) is 0 Å². The number of unbranched alkanes of at least 4 members (excludes halogenated alkanes) is 2. The molecule has 3 atom stereocenters. The minimum Gasteiger partial charge on any atom is -0.353 e. The number of halogens is 1. The highest BCUT2D eigenvalue weighted by Crippen LogP contribution is 2.24. The molecule has 0 bridgehead atoms. The van der Waals surface area contributed by atoms with Crippen molar-refractivity contribution in [3.8, 4) is 0 Å². The SMILES string of the molecule is CC1(C)OC[C@H](/C=C/C(CCCCCI)OC2CCCCO2)O1. The van der Waals surface area contributed by atoms with Gasteiger partial charge in [-0.3, -0.25) is 0 Å². The molecule has 2 rings (SSSR count). The van der Waals surface area contributed by atoms with E-state index >= 15 is 0 Å². The molecule has 0 aromatic carbocycles. The lowest BCUT2D eigenvalue weighted by Gasteiger charge is -2.26. The molecule has 4 nitrogen and oxygen atoms in total. The van der Waals surface area contributed by atoms with E-state index in [1.807, 2.05) is 13.8 Å². The first-order chi connectivity index (χ1) is 11.1. The smallest absolute Gasteiger partial charge is 0.163 e. The molecule has 0 saturated carbocycles. The van der Waals surface area contributed by atoms with E-state index in [0.29, 0.717) is 6.61 Å². The Morgan fingerprint density at radius 1 is 1.26 bits per heavy atom. The van der Waals surface area contributed by atoms with Crippen LogP contribution in [0.15, 0.2) is 12.2 Å². The van der Waals surface area contributed by atoms with E-state index in [1.165, 1.54) is 30.1 Å². The summed E-state index contributed by atoms with van der Waals surface area (Å²) in [5.41, 5.74) is 0. The summed E-state index contributed by atoms with van der Waals surface area (Å²) in [5, 5.41) is 0. The Kier molecular flexibility index (Phi) is 8.82. The average molecular weight is 438 g/mol. The molecule has 0 aromatic heterocycles. The van der Waals surface area contributed by atoms with Crippen LogP contribution in [0.5, 0.6) is 0 Å². The summed E-state index contributed by atoms with van der Waals surface area (Å²) >= 11 is 2.44. The van der Waals surface area contributed by atoms with Crippen molar-refractivity contribution in [1.29, 1.82) is 0 Å². The molecule has 5 heteroatoms. The molecule has 2 unspecified atom stereocenters. The molecular formula is C18H31IO4. The summed E-state index contributed by atoms with van der Waals surface area (Å²) in [7, 11) is 0. The second-order valence-corrected chi connectivity index (χ2v) is 7.84. The standard InChI is InChI=1S/C18H31IO4/c1-18(2)21-14-16(23-18)11-10-15(8-4-3-6-12-19)22-17-9-5-7-13-20-17/h10-11,15-17H,3-9,12-14H2,1-2H3/b11-10+/t15?,16-,17?/m0/s1. The highest BCUT2D eigenvalue weighted by atomic mass is 127. The molecule has 0 aliphatic carbocycles. The molecule has 23 heavy (non-hydrogen) atoms. The fourth-order valence-electron chi connectivity index (χ4n) is 2.90. The Morgan fingerprint density at radius 3 is 2.78 bits per heavy atom. The molecule has 2 fully saturated rings. The van der Waals surface area contributed by atoms with E-state index in [-0.39, 0.29) is 18.5 Å². The fraction of sp³-hybridized carbons (Fsp3) is 0.889. The lowest BCUT2D eigenvalue weighted by Crippen LogP contribution is -2.27. The quantitative estimate of drug-likeness (QED) is 0.228. The number of ether oxygens (including phenoxy) is 4. The number of hydrogen-bond acceptors (Lipinski definition) is 4. The monoisotopic (exact) mass is 438 g/mol. The maximum absolute atomic E-state index is 6.18. The van der Waals surface area contributed by atoms with Crippen molar-refractivity contribution in [3.05, 3.63) is 12.2 Å². The average Bonchev–Trinajstić information content (AvgIpc) is 2.89. The zero-order valence-electron chi connectivity index (χ0n) is 14.5. The van der Waals surface area contributed by atoms with Gasteiger partial charge < -0.3 is 18.9 Å². The van der Waals surface area contributed by atoms with Crippen LogP contribution in [0.2, 0.25) is 0 Å². The van der Waals surface area contributed by atoms with Gasteiger partial charge in [0, 0.05) is 6.61 Å². The molecule has 0 aromatic rings. The molecule has 0 amide bonds. The molecule has 0 radical (unpaired) electrons. The van der Waals surface area contributed by atoms with E-state index in [9.17, 15) is 0 Å². The summed E-state index contributed by atoms with van der Waals surface area (Å²) < 4.78 is 24.6. The second kappa shape index (κ2) is 10.3. The maximum Gasteiger partial charge on any atom is 0.163 e. The molecule has 0 spiro atoms. The topological polar surface area (TPSA) is 36.9 Å². The van der Waals surface area contributed by atoms with Crippen LogP contribution in [-0.2, 0) is 18.9 Å². The lowest BCUT2D eigenvalue weighted by atomic mass is 10.1. The van der Waals surface area contributed by atoms with Gasteiger partial charge in [0.15, 0.2) is 12.1 Å². The third-order valence-electron chi connectivity index (χ3n) is 4.16. The summed E-state index contributed by atoms with van der Waals surface area (Å²) in [5.74, 6) is -0.474. The fourth-order valence-corrected chi connectivity index (χ4v) is 3.44. The van der Waals surface area contributed by atoms with E-state index < -0.39 is 5.79 Å². The summed E-state index contributed by atoms with van der Waals surface area (Å²) in [6, 6.07) is 0. The van der Waals surface area contributed by atoms with Gasteiger partial charge >= 0.3 is 0 Å². The zero-order valence-corrected chi connectivity index (χ0v) is 16.6. The number of hydrogen-bond donors (Lipinski definition) is 0. The molecular weight excluding hydrogens is 407 g/mol. The first-order valence-corrected chi connectivity index (χ1v) is 10.4. The molecule has 2 aliphatic heterocycles. The molecule has 2 aliphatic rings. The van der Waals surface area contributed by atoms with Crippen molar-refractivity contribution in [2.45, 2.75) is 83.1 Å². The number of alkyl halides is 1. The number of rotatable bonds is 9. The van der Waals surface area contributed by atoms with Crippen LogP contribution < -0.4 is 0 Å². The summed E-state index contributed by atoms with van der Waals surface area (Å²) in [6.45, 7) is 5.35. The predicted octanol–water partition coefficient (Wildman–Crippen LogP) is 4.60. The lowest BCUT2D eigenvalue weighted by molar-refractivity contribution is -0.179. The van der Waals surface area contributed by atoms with Crippen molar-refractivity contribution in [2.75, 3.05) is 17.6 Å². The molecule has 134 valence electrons. The molecule has 0 N–H and O–H groups in total. The van der Waals surface area contributed by atoms with E-state index in [0.717, 1.165) is 25.9 Å². The van der Waals surface area contributed by atoms with Gasteiger partial charge in [0.05, 0.1) is 12.7 Å². The maximum atomic E-state index is 6.18. The Hall–Kier alpha value is 0.310. The first kappa shape index (κ1) is 19.6. The van der Waals surface area contributed by atoms with Crippen molar-refractivity contribution < 1.29 is 18.9 Å². The largest absolute Gasteiger partial charge is 0.353 e. The van der Waals surface area contributed by atoms with Crippen molar-refractivity contribution in [1.82, 2.24) is 0 Å². The van der Waals surface area contributed by atoms with E-state index in [1.54, 1.807) is 0 Å². The third-order valence-corrected chi connectivity index (χ3v) is 4.92. The van der Waals surface area contributed by atoms with Crippen molar-refractivity contribution in [3.63, 3.8) is 0 Å². The summed E-state index contributed by atoms with van der Waals surface area (Å²) in [4.78, 5) is 0. The Morgan fingerprint density at radius 2 is 2.13 bits per heavy atom. The van der Waals surface area contributed by atoms with Crippen LogP contribution in [-0.4, -0.2) is 41.9 Å². The highest BCUT2D eigenvalue weighted by molar-refractivity contribution is 14.1. The van der Waals surface area contributed by atoms with Crippen LogP contribution in [0.3, 0.4) is 0 Å². The predicted molar refractivity (Wildman–Crippen MR) is 99.9 cm³/mol. The third kappa shape index (κ3) is 7.82. The molecule has 2 saturated heterocycles. The van der Waals surface area contributed by atoms with E-state index in [4.69, 9.17) is 18.9 Å². The highest BCUT2D eigenvalue weighted by Gasteiger charge is 2.31. The Bertz CT molecular complexity index is 353. The van der Waals surface area contributed by atoms with Gasteiger partial charge in [-0.2, -0.15) is 0 Å². The Labute approximate surface area is 154 Å². The van der Waals surface area contributed by atoms with Crippen LogP contribution in [0.1, 0.15) is 58.8 Å². The van der Waals surface area contributed by atoms with E-state index in [2.05, 4.69) is 34.7 Å². The van der Waals surface area contributed by atoms with Gasteiger partial charge in [0.1, 0.15) is 6.10 Å². The summed E-state index contributed by atoms with van der Waals surface area (Å²) in [6.07, 6.45) is 12.5. The van der Waals surface area contributed by atoms with Crippen molar-refractivity contribution in [2.24, 2.45) is 0 Å². The van der Waals surface area contributed by atoms with Crippen molar-refractivity contribution >= 4 is 22.6 Å². The minimum atomic E-state index is -0.474. The van der Waals surface area contributed by atoms with Gasteiger partial charge in [-0.25, -0.2) is 0 Å². The van der Waals surface area contributed by atoms with Gasteiger partial charge in [-0.05, 0) is 50.4 Å². The van der Waals surface area contributed by atoms with Crippen LogP contribution in [0, 0.1) is 0 Å². The Balaban J connectivity index is 1.81. The van der Waals surface area contributed by atoms with Gasteiger partial charge in [-0.15, -0.1) is 0 Å². The first-order valence-electron chi connectivity index (χ1n) is 8.92. The zero-order chi connectivity index (χ0) is 16.5. The van der Waals surface area contributed by atoms with Crippen LogP contribution in [0.25, 0.3) is 0 Å². The van der Waals surface area contributed by atoms with Gasteiger partial charge in [-0.1, -0.05) is 47.6 Å².